The molecular formula is C23H17N3O3S. The van der Waals surface area contributed by atoms with E-state index in [0.29, 0.717) is 21.8 Å². The summed E-state index contributed by atoms with van der Waals surface area (Å²) >= 11 is 1.32. The number of nitrogens with zero attached hydrogens (tertiary/aromatic N) is 2. The minimum absolute atomic E-state index is 0.314. The largest absolute Gasteiger partial charge is 0.422 e. The number of hydrogen-bond acceptors (Lipinski definition) is 5. The molecule has 7 heteroatoms. The van der Waals surface area contributed by atoms with Crippen molar-refractivity contribution < 1.29 is 14.3 Å². The summed E-state index contributed by atoms with van der Waals surface area (Å²) in [6.45, 7) is 0. The highest BCUT2D eigenvalue weighted by atomic mass is 32.1. The number of hydrogen-bond donors (Lipinski definition) is 1. The molecule has 0 aliphatic rings. The van der Waals surface area contributed by atoms with Gasteiger partial charge in [0.05, 0.1) is 6.21 Å². The van der Waals surface area contributed by atoms with E-state index in [0.717, 1.165) is 5.69 Å². The van der Waals surface area contributed by atoms with Gasteiger partial charge in [-0.2, -0.15) is 5.10 Å². The van der Waals surface area contributed by atoms with E-state index in [4.69, 9.17) is 4.74 Å². The van der Waals surface area contributed by atoms with E-state index >= 15 is 0 Å². The van der Waals surface area contributed by atoms with E-state index in [-0.39, 0.29) is 5.91 Å². The second kappa shape index (κ2) is 9.02. The predicted molar refractivity (Wildman–Crippen MR) is 117 cm³/mol. The van der Waals surface area contributed by atoms with E-state index in [9.17, 15) is 9.59 Å². The second-order valence-corrected chi connectivity index (χ2v) is 7.22. The Morgan fingerprint density at radius 2 is 1.77 bits per heavy atom. The molecule has 2 heterocycles. The van der Waals surface area contributed by atoms with E-state index in [1.54, 1.807) is 48.5 Å². The second-order valence-electron chi connectivity index (χ2n) is 6.28. The monoisotopic (exact) mass is 415 g/mol. The molecule has 4 aromatic rings. The fourth-order valence-corrected chi connectivity index (χ4v) is 3.33. The maximum Gasteiger partial charge on any atom is 0.353 e. The molecular weight excluding hydrogens is 398 g/mol. The molecule has 2 aromatic heterocycles. The molecule has 148 valence electrons. The third-order valence-electron chi connectivity index (χ3n) is 4.20. The number of ether oxygens (including phenoxy) is 1. The summed E-state index contributed by atoms with van der Waals surface area (Å²) in [6.07, 6.45) is 5.37. The average Bonchev–Trinajstić information content (AvgIpc) is 3.48. The van der Waals surface area contributed by atoms with Crippen molar-refractivity contribution in [2.45, 2.75) is 0 Å². The summed E-state index contributed by atoms with van der Waals surface area (Å²) in [5.74, 6) is -0.314. The molecule has 0 aliphatic carbocycles. The lowest BCUT2D eigenvalue weighted by molar-refractivity contribution is 0.0739. The van der Waals surface area contributed by atoms with Gasteiger partial charge in [-0.05, 0) is 65.5 Å². The maximum absolute atomic E-state index is 12.3. The van der Waals surface area contributed by atoms with Crippen molar-refractivity contribution in [2.24, 2.45) is 5.10 Å². The molecule has 0 saturated heterocycles. The Balaban J connectivity index is 1.36. The number of benzene rings is 2. The molecule has 0 fully saturated rings. The molecule has 1 amide bonds. The minimum atomic E-state index is -0.407. The first kappa shape index (κ1) is 19.4. The zero-order valence-electron chi connectivity index (χ0n) is 15.8. The quantitative estimate of drug-likeness (QED) is 0.218. The third-order valence-corrected chi connectivity index (χ3v) is 5.05. The van der Waals surface area contributed by atoms with E-state index in [2.05, 4.69) is 10.5 Å². The lowest BCUT2D eigenvalue weighted by Crippen LogP contribution is -2.17. The van der Waals surface area contributed by atoms with Crippen LogP contribution < -0.4 is 10.2 Å². The Labute approximate surface area is 177 Å². The molecule has 0 bridgehead atoms. The Morgan fingerprint density at radius 3 is 2.50 bits per heavy atom. The number of amides is 1. The molecule has 0 saturated carbocycles. The van der Waals surface area contributed by atoms with Crippen LogP contribution in [0.15, 0.2) is 95.7 Å². The number of hydrazone groups is 1. The van der Waals surface area contributed by atoms with Gasteiger partial charge in [-0.15, -0.1) is 11.3 Å². The molecule has 0 radical (unpaired) electrons. The van der Waals surface area contributed by atoms with Crippen LogP contribution in [0, 0.1) is 0 Å². The van der Waals surface area contributed by atoms with Crippen LogP contribution in [0.5, 0.6) is 5.75 Å². The molecule has 2 aromatic carbocycles. The van der Waals surface area contributed by atoms with Crippen LogP contribution in [0.3, 0.4) is 0 Å². The first-order valence-corrected chi connectivity index (χ1v) is 9.99. The van der Waals surface area contributed by atoms with Crippen molar-refractivity contribution >= 4 is 29.4 Å². The van der Waals surface area contributed by atoms with E-state index in [1.807, 2.05) is 46.6 Å². The van der Waals surface area contributed by atoms with Gasteiger partial charge in [-0.1, -0.05) is 18.2 Å². The average molecular weight is 415 g/mol. The summed E-state index contributed by atoms with van der Waals surface area (Å²) in [7, 11) is 0. The minimum Gasteiger partial charge on any atom is -0.422 e. The van der Waals surface area contributed by atoms with Gasteiger partial charge in [0.25, 0.3) is 5.91 Å². The highest BCUT2D eigenvalue weighted by molar-refractivity contribution is 7.12. The predicted octanol–water partition coefficient (Wildman–Crippen LogP) is 4.52. The molecule has 4 rings (SSSR count). The third kappa shape index (κ3) is 4.71. The van der Waals surface area contributed by atoms with Crippen LogP contribution in [0.4, 0.5) is 0 Å². The van der Waals surface area contributed by atoms with Gasteiger partial charge in [-0.3, -0.25) is 4.79 Å². The molecule has 0 spiro atoms. The molecule has 0 aliphatic heterocycles. The highest BCUT2D eigenvalue weighted by Crippen LogP contribution is 2.16. The summed E-state index contributed by atoms with van der Waals surface area (Å²) in [6, 6.07) is 21.5. The summed E-state index contributed by atoms with van der Waals surface area (Å²) in [5, 5.41) is 5.81. The van der Waals surface area contributed by atoms with Crippen molar-refractivity contribution in [3.05, 3.63) is 107 Å². The fourth-order valence-electron chi connectivity index (χ4n) is 2.73. The standard InChI is InChI=1S/C23H17N3O3S/c27-22(18-8-10-19(11-9-18)26-12-1-2-13-26)25-24-16-17-5-3-6-20(15-17)29-23(28)21-7-4-14-30-21/h1-16H,(H,25,27)/b24-16+. The number of esters is 1. The van der Waals surface area contributed by atoms with Crippen molar-refractivity contribution in [3.8, 4) is 11.4 Å². The van der Waals surface area contributed by atoms with Crippen LogP contribution in [0.2, 0.25) is 0 Å². The van der Waals surface area contributed by atoms with E-state index in [1.165, 1.54) is 17.6 Å². The Morgan fingerprint density at radius 1 is 0.967 bits per heavy atom. The van der Waals surface area contributed by atoms with E-state index < -0.39 is 5.97 Å². The van der Waals surface area contributed by atoms with Gasteiger partial charge in [0.1, 0.15) is 10.6 Å². The Kier molecular flexibility index (Phi) is 5.82. The summed E-state index contributed by atoms with van der Waals surface area (Å²) in [5.41, 5.74) is 4.66. The lowest BCUT2D eigenvalue weighted by Gasteiger charge is -2.05. The van der Waals surface area contributed by atoms with Gasteiger partial charge >= 0.3 is 5.97 Å². The van der Waals surface area contributed by atoms with Crippen molar-refractivity contribution in [3.63, 3.8) is 0 Å². The molecule has 0 unspecified atom stereocenters. The first-order valence-electron chi connectivity index (χ1n) is 9.11. The van der Waals surface area contributed by atoms with Crippen molar-refractivity contribution in [1.29, 1.82) is 0 Å². The maximum atomic E-state index is 12.3. The van der Waals surface area contributed by atoms with Crippen molar-refractivity contribution in [1.82, 2.24) is 9.99 Å². The zero-order chi connectivity index (χ0) is 20.8. The number of thiophene rings is 1. The smallest absolute Gasteiger partial charge is 0.353 e. The van der Waals surface area contributed by atoms with Gasteiger partial charge < -0.3 is 9.30 Å². The number of carbonyl (C=O) groups is 2. The van der Waals surface area contributed by atoms with Gasteiger partial charge in [0, 0.05) is 23.6 Å². The molecule has 6 nitrogen and oxygen atoms in total. The van der Waals surface area contributed by atoms with Gasteiger partial charge in [0.15, 0.2) is 0 Å². The van der Waals surface area contributed by atoms with Crippen LogP contribution >= 0.6 is 11.3 Å². The Hall–Kier alpha value is -3.97. The lowest BCUT2D eigenvalue weighted by atomic mass is 10.2. The number of nitrogens with one attached hydrogen (secondary N) is 1. The number of aromatic nitrogens is 1. The normalized spacial score (nSPS) is 10.8. The first-order chi connectivity index (χ1) is 14.7. The Bertz CT molecular complexity index is 1160. The van der Waals surface area contributed by atoms with Gasteiger partial charge in [0.2, 0.25) is 0 Å². The number of carbonyl (C=O) groups excluding carboxylic acids is 2. The van der Waals surface area contributed by atoms with Crippen molar-refractivity contribution in [2.75, 3.05) is 0 Å². The van der Waals surface area contributed by atoms with Crippen LogP contribution in [-0.2, 0) is 0 Å². The molecule has 30 heavy (non-hydrogen) atoms. The summed E-state index contributed by atoms with van der Waals surface area (Å²) in [4.78, 5) is 24.9. The summed E-state index contributed by atoms with van der Waals surface area (Å²) < 4.78 is 7.31. The fraction of sp³-hybridized carbons (Fsp3) is 0. The molecule has 1 N–H and O–H groups in total. The highest BCUT2D eigenvalue weighted by Gasteiger charge is 2.09. The topological polar surface area (TPSA) is 72.7 Å². The molecule has 0 atom stereocenters. The SMILES string of the molecule is O=C(N/N=C/c1cccc(OC(=O)c2cccs2)c1)c1ccc(-n2cccc2)cc1. The number of rotatable bonds is 6. The van der Waals surface area contributed by atoms with Gasteiger partial charge in [-0.25, -0.2) is 10.2 Å². The van der Waals surface area contributed by atoms with Crippen LogP contribution in [0.25, 0.3) is 5.69 Å². The van der Waals surface area contributed by atoms with Crippen LogP contribution in [0.1, 0.15) is 25.6 Å². The zero-order valence-corrected chi connectivity index (χ0v) is 16.6. The van der Waals surface area contributed by atoms with Crippen LogP contribution in [-0.4, -0.2) is 22.7 Å².